The molecule has 3 N–H and O–H groups in total. The SMILES string of the molecule is Cc1ccc(C(NOCC(=O)NCNC(=O)OCC2c3ccccc3-c3ccccc32)(c2ccccc2)c2cccc(Cl)c2)cc1. The number of ether oxygens (including phenoxy) is 1. The van der Waals surface area contributed by atoms with Crippen molar-refractivity contribution in [1.82, 2.24) is 16.1 Å². The molecule has 5 aromatic carbocycles. The molecule has 46 heavy (non-hydrogen) atoms. The fraction of sp³-hybridized carbons (Fsp3) is 0.158. The maximum absolute atomic E-state index is 12.8. The summed E-state index contributed by atoms with van der Waals surface area (Å²) in [5, 5.41) is 5.83. The predicted octanol–water partition coefficient (Wildman–Crippen LogP) is 7.07. The van der Waals surface area contributed by atoms with Crippen molar-refractivity contribution in [3.8, 4) is 11.1 Å². The number of alkyl carbamates (subject to hydrolysis) is 1. The van der Waals surface area contributed by atoms with Crippen LogP contribution in [0.3, 0.4) is 0 Å². The number of rotatable bonds is 11. The number of benzene rings is 5. The summed E-state index contributed by atoms with van der Waals surface area (Å²) in [6, 6.07) is 41.8. The maximum atomic E-state index is 12.8. The molecular formula is C38H34ClN3O4. The monoisotopic (exact) mass is 631 g/mol. The van der Waals surface area contributed by atoms with Crippen LogP contribution in [0.4, 0.5) is 4.79 Å². The zero-order valence-electron chi connectivity index (χ0n) is 25.3. The molecule has 0 aliphatic heterocycles. The zero-order chi connectivity index (χ0) is 31.9. The highest BCUT2D eigenvalue weighted by atomic mass is 35.5. The number of amides is 2. The first kappa shape index (κ1) is 31.0. The minimum Gasteiger partial charge on any atom is -0.449 e. The van der Waals surface area contributed by atoms with Gasteiger partial charge in [-0.3, -0.25) is 9.63 Å². The lowest BCUT2D eigenvalue weighted by Gasteiger charge is -2.36. The molecule has 2 amide bonds. The van der Waals surface area contributed by atoms with Gasteiger partial charge in [0.25, 0.3) is 0 Å². The van der Waals surface area contributed by atoms with Crippen molar-refractivity contribution in [3.63, 3.8) is 0 Å². The van der Waals surface area contributed by atoms with Crippen LogP contribution >= 0.6 is 11.6 Å². The van der Waals surface area contributed by atoms with Crippen LogP contribution in [0.15, 0.2) is 127 Å². The van der Waals surface area contributed by atoms with Crippen LogP contribution in [0.2, 0.25) is 5.02 Å². The number of hydroxylamine groups is 1. The first-order valence-electron chi connectivity index (χ1n) is 15.1. The van der Waals surface area contributed by atoms with Gasteiger partial charge in [-0.1, -0.05) is 132 Å². The van der Waals surface area contributed by atoms with Crippen LogP contribution in [-0.4, -0.2) is 31.9 Å². The molecule has 1 aliphatic rings. The average molecular weight is 632 g/mol. The largest absolute Gasteiger partial charge is 0.449 e. The third-order valence-corrected chi connectivity index (χ3v) is 8.47. The Balaban J connectivity index is 1.07. The van der Waals surface area contributed by atoms with Crippen molar-refractivity contribution in [3.05, 3.63) is 166 Å². The van der Waals surface area contributed by atoms with E-state index in [9.17, 15) is 9.59 Å². The van der Waals surface area contributed by atoms with Crippen molar-refractivity contribution in [2.45, 2.75) is 18.4 Å². The number of hydrogen-bond donors (Lipinski definition) is 3. The quantitative estimate of drug-likeness (QED) is 0.0824. The number of halogens is 1. The van der Waals surface area contributed by atoms with Gasteiger partial charge < -0.3 is 15.4 Å². The second-order valence-corrected chi connectivity index (χ2v) is 11.6. The first-order valence-corrected chi connectivity index (χ1v) is 15.5. The Bertz CT molecular complexity index is 1780. The third-order valence-electron chi connectivity index (χ3n) is 8.24. The van der Waals surface area contributed by atoms with E-state index in [0.29, 0.717) is 5.02 Å². The molecule has 0 radical (unpaired) electrons. The third kappa shape index (κ3) is 6.53. The summed E-state index contributed by atoms with van der Waals surface area (Å²) in [5.41, 5.74) is 10.6. The summed E-state index contributed by atoms with van der Waals surface area (Å²) in [6.45, 7) is 1.78. The van der Waals surface area contributed by atoms with E-state index in [-0.39, 0.29) is 25.8 Å². The first-order chi connectivity index (χ1) is 22.5. The molecule has 0 saturated heterocycles. The predicted molar refractivity (Wildman–Crippen MR) is 179 cm³/mol. The average Bonchev–Trinajstić information content (AvgIpc) is 3.40. The second-order valence-electron chi connectivity index (χ2n) is 11.2. The van der Waals surface area contributed by atoms with Crippen molar-refractivity contribution in [2.24, 2.45) is 0 Å². The van der Waals surface area contributed by atoms with Crippen molar-refractivity contribution >= 4 is 23.6 Å². The van der Waals surface area contributed by atoms with E-state index >= 15 is 0 Å². The van der Waals surface area contributed by atoms with Crippen LogP contribution < -0.4 is 16.1 Å². The van der Waals surface area contributed by atoms with Gasteiger partial charge in [-0.25, -0.2) is 4.79 Å². The van der Waals surface area contributed by atoms with E-state index in [1.54, 1.807) is 0 Å². The van der Waals surface area contributed by atoms with E-state index < -0.39 is 17.5 Å². The van der Waals surface area contributed by atoms with E-state index in [4.69, 9.17) is 21.2 Å². The molecule has 0 fully saturated rings. The normalized spacial score (nSPS) is 13.3. The Labute approximate surface area is 273 Å². The standard InChI is InChI=1S/C38H34ClN3O4/c1-26-18-20-28(21-19-26)38(27-10-3-2-4-11-27,29-12-9-13-30(39)22-29)42-46-24-36(43)40-25-41-37(44)45-23-35-33-16-7-5-14-31(33)32-15-6-8-17-34(32)35/h2-22,35,42H,23-25H2,1H3,(H,40,43)(H,41,44). The van der Waals surface area contributed by atoms with Crippen LogP contribution in [0.5, 0.6) is 0 Å². The summed E-state index contributed by atoms with van der Waals surface area (Å²) in [4.78, 5) is 31.2. The zero-order valence-corrected chi connectivity index (χ0v) is 26.1. The van der Waals surface area contributed by atoms with Crippen molar-refractivity contribution < 1.29 is 19.2 Å². The van der Waals surface area contributed by atoms with Gasteiger partial charge in [-0.15, -0.1) is 0 Å². The van der Waals surface area contributed by atoms with Crippen molar-refractivity contribution in [1.29, 1.82) is 0 Å². The number of hydrogen-bond acceptors (Lipinski definition) is 5. The number of carbonyl (C=O) groups is 2. The number of fused-ring (bicyclic) bond motifs is 3. The molecule has 6 rings (SSSR count). The maximum Gasteiger partial charge on any atom is 0.408 e. The molecule has 0 saturated carbocycles. The summed E-state index contributed by atoms with van der Waals surface area (Å²) in [5.74, 6) is -0.478. The van der Waals surface area contributed by atoms with Gasteiger partial charge >= 0.3 is 6.09 Å². The lowest BCUT2D eigenvalue weighted by Crippen LogP contribution is -2.47. The molecule has 0 aromatic heterocycles. The molecule has 0 bridgehead atoms. The number of aryl methyl sites for hydroxylation is 1. The van der Waals surface area contributed by atoms with Crippen LogP contribution in [0.25, 0.3) is 11.1 Å². The van der Waals surface area contributed by atoms with Gasteiger partial charge in [0.1, 0.15) is 18.8 Å². The van der Waals surface area contributed by atoms with Crippen LogP contribution in [0.1, 0.15) is 39.3 Å². The van der Waals surface area contributed by atoms with Gasteiger partial charge in [-0.2, -0.15) is 5.48 Å². The summed E-state index contributed by atoms with van der Waals surface area (Å²) >= 11 is 6.44. The van der Waals surface area contributed by atoms with Gasteiger partial charge in [0.05, 0.1) is 6.67 Å². The number of nitrogens with one attached hydrogen (secondary N) is 3. The Morgan fingerprint density at radius 1 is 0.717 bits per heavy atom. The topological polar surface area (TPSA) is 88.7 Å². The highest BCUT2D eigenvalue weighted by Gasteiger charge is 2.37. The van der Waals surface area contributed by atoms with Gasteiger partial charge in [0.2, 0.25) is 5.91 Å². The molecule has 8 heteroatoms. The molecule has 1 unspecified atom stereocenters. The lowest BCUT2D eigenvalue weighted by atomic mass is 9.77. The molecule has 0 heterocycles. The van der Waals surface area contributed by atoms with Gasteiger partial charge in [-0.05, 0) is 58.0 Å². The second kappa shape index (κ2) is 14.0. The van der Waals surface area contributed by atoms with E-state index in [1.165, 1.54) is 0 Å². The molecule has 5 aromatic rings. The fourth-order valence-electron chi connectivity index (χ4n) is 6.02. The Kier molecular flexibility index (Phi) is 9.45. The minimum absolute atomic E-state index is 0.0508. The van der Waals surface area contributed by atoms with E-state index in [0.717, 1.165) is 44.5 Å². The van der Waals surface area contributed by atoms with Crippen LogP contribution in [-0.2, 0) is 19.9 Å². The van der Waals surface area contributed by atoms with Crippen LogP contribution in [0, 0.1) is 6.92 Å². The minimum atomic E-state index is -0.973. The molecular weight excluding hydrogens is 598 g/mol. The Morgan fingerprint density at radius 2 is 1.33 bits per heavy atom. The van der Waals surface area contributed by atoms with Crippen molar-refractivity contribution in [2.75, 3.05) is 19.9 Å². The highest BCUT2D eigenvalue weighted by molar-refractivity contribution is 6.30. The fourth-order valence-corrected chi connectivity index (χ4v) is 6.21. The lowest BCUT2D eigenvalue weighted by molar-refractivity contribution is -0.130. The molecule has 0 spiro atoms. The highest BCUT2D eigenvalue weighted by Crippen LogP contribution is 2.44. The van der Waals surface area contributed by atoms with E-state index in [1.807, 2.05) is 110 Å². The molecule has 232 valence electrons. The summed E-state index contributed by atoms with van der Waals surface area (Å²) in [7, 11) is 0. The Hall–Kier alpha value is -4.95. The summed E-state index contributed by atoms with van der Waals surface area (Å²) in [6.07, 6.45) is -0.621. The van der Waals surface area contributed by atoms with Gasteiger partial charge in [0, 0.05) is 10.9 Å². The smallest absolute Gasteiger partial charge is 0.408 e. The van der Waals surface area contributed by atoms with Gasteiger partial charge in [0.15, 0.2) is 0 Å². The molecule has 7 nitrogen and oxygen atoms in total. The number of carbonyl (C=O) groups excluding carboxylic acids is 2. The summed E-state index contributed by atoms with van der Waals surface area (Å²) < 4.78 is 5.56. The molecule has 1 atom stereocenters. The Morgan fingerprint density at radius 3 is 2.00 bits per heavy atom. The molecule has 1 aliphatic carbocycles. The van der Waals surface area contributed by atoms with E-state index in [2.05, 4.69) is 40.4 Å².